The first-order chi connectivity index (χ1) is 12.2. The summed E-state index contributed by atoms with van der Waals surface area (Å²) in [6.07, 6.45) is 5.11. The van der Waals surface area contributed by atoms with Crippen LogP contribution in [0.25, 0.3) is 0 Å². The molecule has 25 heavy (non-hydrogen) atoms. The summed E-state index contributed by atoms with van der Waals surface area (Å²) in [4.78, 5) is 18.8. The van der Waals surface area contributed by atoms with E-state index in [2.05, 4.69) is 10.1 Å². The second-order valence-electron chi connectivity index (χ2n) is 6.22. The van der Waals surface area contributed by atoms with Gasteiger partial charge in [-0.15, -0.1) is 0 Å². The van der Waals surface area contributed by atoms with Crippen molar-refractivity contribution in [3.8, 4) is 5.75 Å². The second-order valence-corrected chi connectivity index (χ2v) is 6.22. The number of carbonyl (C=O) groups excluding carboxylic acids is 1. The minimum atomic E-state index is -0.418. The molecule has 0 unspecified atom stereocenters. The van der Waals surface area contributed by atoms with Crippen molar-refractivity contribution >= 4 is 5.91 Å². The second kappa shape index (κ2) is 8.11. The van der Waals surface area contributed by atoms with E-state index < -0.39 is 6.04 Å². The maximum absolute atomic E-state index is 13.1. The zero-order valence-electron chi connectivity index (χ0n) is 14.7. The van der Waals surface area contributed by atoms with E-state index in [1.807, 2.05) is 36.1 Å². The van der Waals surface area contributed by atoms with Crippen molar-refractivity contribution in [3.05, 3.63) is 42.5 Å². The number of benzene rings is 1. The Labute approximate surface area is 147 Å². The number of carbonyl (C=O) groups is 1. The van der Waals surface area contributed by atoms with Crippen molar-refractivity contribution in [1.82, 2.24) is 19.7 Å². The van der Waals surface area contributed by atoms with Crippen LogP contribution in [0.2, 0.25) is 0 Å². The molecule has 7 nitrogen and oxygen atoms in total. The number of para-hydroxylation sites is 1. The maximum Gasteiger partial charge on any atom is 0.247 e. The smallest absolute Gasteiger partial charge is 0.247 e. The molecule has 1 aromatic carbocycles. The standard InChI is InChI=1S/C18H24N4O3/c1-14(22-13-19-12-20-22)18(23)21(11-16-7-5-9-25-16)10-15-6-3-4-8-17(15)24-2/h3-4,6,8,12-14,16H,5,7,9-11H2,1-2H3/t14-,16+/m0/s1. The molecule has 1 saturated heterocycles. The average molecular weight is 344 g/mol. The lowest BCUT2D eigenvalue weighted by Crippen LogP contribution is -2.40. The molecule has 0 saturated carbocycles. The van der Waals surface area contributed by atoms with Crippen LogP contribution >= 0.6 is 0 Å². The lowest BCUT2D eigenvalue weighted by molar-refractivity contribution is -0.136. The molecule has 1 aromatic heterocycles. The lowest BCUT2D eigenvalue weighted by Gasteiger charge is -2.28. The quantitative estimate of drug-likeness (QED) is 0.769. The Morgan fingerprint density at radius 2 is 2.32 bits per heavy atom. The van der Waals surface area contributed by atoms with E-state index in [4.69, 9.17) is 9.47 Å². The van der Waals surface area contributed by atoms with Gasteiger partial charge < -0.3 is 14.4 Å². The minimum absolute atomic E-state index is 0.00749. The number of nitrogens with zero attached hydrogens (tertiary/aromatic N) is 4. The number of amides is 1. The van der Waals surface area contributed by atoms with Crippen LogP contribution in [0.5, 0.6) is 5.75 Å². The highest BCUT2D eigenvalue weighted by Crippen LogP contribution is 2.23. The highest BCUT2D eigenvalue weighted by Gasteiger charge is 2.27. The molecule has 2 heterocycles. The lowest BCUT2D eigenvalue weighted by atomic mass is 10.1. The Hall–Kier alpha value is -2.41. The van der Waals surface area contributed by atoms with Gasteiger partial charge in [0, 0.05) is 25.3 Å². The molecule has 0 radical (unpaired) electrons. The number of ether oxygens (including phenoxy) is 2. The normalized spacial score (nSPS) is 18.1. The first kappa shape index (κ1) is 17.4. The molecule has 0 spiro atoms. The van der Waals surface area contributed by atoms with Gasteiger partial charge in [-0.05, 0) is 25.8 Å². The van der Waals surface area contributed by atoms with E-state index in [0.29, 0.717) is 13.1 Å². The number of rotatable bonds is 7. The molecular weight excluding hydrogens is 320 g/mol. The van der Waals surface area contributed by atoms with E-state index in [1.165, 1.54) is 6.33 Å². The summed E-state index contributed by atoms with van der Waals surface area (Å²) in [6.45, 7) is 3.64. The molecule has 1 fully saturated rings. The van der Waals surface area contributed by atoms with Crippen LogP contribution < -0.4 is 4.74 Å². The Morgan fingerprint density at radius 1 is 1.48 bits per heavy atom. The highest BCUT2D eigenvalue weighted by molar-refractivity contribution is 5.80. The minimum Gasteiger partial charge on any atom is -0.496 e. The molecule has 0 bridgehead atoms. The summed E-state index contributed by atoms with van der Waals surface area (Å²) < 4.78 is 12.7. The van der Waals surface area contributed by atoms with E-state index in [1.54, 1.807) is 18.1 Å². The Bertz CT molecular complexity index is 683. The van der Waals surface area contributed by atoms with Crippen molar-refractivity contribution in [1.29, 1.82) is 0 Å². The van der Waals surface area contributed by atoms with E-state index in [-0.39, 0.29) is 12.0 Å². The largest absolute Gasteiger partial charge is 0.496 e. The van der Waals surface area contributed by atoms with E-state index >= 15 is 0 Å². The fraction of sp³-hybridized carbons (Fsp3) is 0.500. The zero-order valence-corrected chi connectivity index (χ0v) is 14.7. The molecule has 1 aliphatic rings. The van der Waals surface area contributed by atoms with Gasteiger partial charge in [-0.3, -0.25) is 4.79 Å². The molecule has 2 atom stereocenters. The molecule has 0 aliphatic carbocycles. The third kappa shape index (κ3) is 4.17. The van der Waals surface area contributed by atoms with Crippen molar-refractivity contribution in [2.45, 2.75) is 38.5 Å². The molecule has 7 heteroatoms. The summed E-state index contributed by atoms with van der Waals surface area (Å²) in [5, 5.41) is 4.09. The third-order valence-corrected chi connectivity index (χ3v) is 4.50. The van der Waals surface area contributed by atoms with Crippen LogP contribution in [-0.4, -0.2) is 51.9 Å². The summed E-state index contributed by atoms with van der Waals surface area (Å²) in [7, 11) is 1.64. The van der Waals surface area contributed by atoms with Gasteiger partial charge in [-0.2, -0.15) is 5.10 Å². The van der Waals surface area contributed by atoms with Crippen LogP contribution in [0.15, 0.2) is 36.9 Å². The van der Waals surface area contributed by atoms with Crippen LogP contribution in [0.4, 0.5) is 0 Å². The number of hydrogen-bond acceptors (Lipinski definition) is 5. The van der Waals surface area contributed by atoms with Crippen LogP contribution in [-0.2, 0) is 16.1 Å². The van der Waals surface area contributed by atoms with Gasteiger partial charge in [0.2, 0.25) is 5.91 Å². The third-order valence-electron chi connectivity index (χ3n) is 4.50. The SMILES string of the molecule is COc1ccccc1CN(C[C@H]1CCCO1)C(=O)[C@H](C)n1cncn1. The van der Waals surface area contributed by atoms with Gasteiger partial charge in [0.15, 0.2) is 0 Å². The van der Waals surface area contributed by atoms with Crippen molar-refractivity contribution < 1.29 is 14.3 Å². The molecule has 1 aliphatic heterocycles. The maximum atomic E-state index is 13.1. The molecular formula is C18H24N4O3. The van der Waals surface area contributed by atoms with Crippen LogP contribution in [0.3, 0.4) is 0 Å². The van der Waals surface area contributed by atoms with Gasteiger partial charge >= 0.3 is 0 Å². The van der Waals surface area contributed by atoms with Gasteiger partial charge in [-0.25, -0.2) is 9.67 Å². The van der Waals surface area contributed by atoms with Gasteiger partial charge in [0.1, 0.15) is 24.4 Å². The summed E-state index contributed by atoms with van der Waals surface area (Å²) in [5.41, 5.74) is 0.974. The summed E-state index contributed by atoms with van der Waals surface area (Å²) in [6, 6.07) is 7.35. The molecule has 134 valence electrons. The van der Waals surface area contributed by atoms with Crippen LogP contribution in [0, 0.1) is 0 Å². The fourth-order valence-electron chi connectivity index (χ4n) is 3.10. The first-order valence-electron chi connectivity index (χ1n) is 8.55. The summed E-state index contributed by atoms with van der Waals surface area (Å²) >= 11 is 0. The molecule has 1 amide bonds. The monoisotopic (exact) mass is 344 g/mol. The highest BCUT2D eigenvalue weighted by atomic mass is 16.5. The Kier molecular flexibility index (Phi) is 5.65. The van der Waals surface area contributed by atoms with Crippen LogP contribution in [0.1, 0.15) is 31.4 Å². The van der Waals surface area contributed by atoms with Gasteiger partial charge in [0.25, 0.3) is 0 Å². The fourth-order valence-corrected chi connectivity index (χ4v) is 3.10. The predicted octanol–water partition coefficient (Wildman–Crippen LogP) is 2.06. The van der Waals surface area contributed by atoms with Gasteiger partial charge in [0.05, 0.1) is 13.2 Å². The predicted molar refractivity (Wildman–Crippen MR) is 92.1 cm³/mol. The number of aromatic nitrogens is 3. The average Bonchev–Trinajstić information content (AvgIpc) is 3.34. The number of methoxy groups -OCH3 is 1. The van der Waals surface area contributed by atoms with Gasteiger partial charge in [-0.1, -0.05) is 18.2 Å². The van der Waals surface area contributed by atoms with Crippen molar-refractivity contribution in [2.24, 2.45) is 0 Å². The molecule has 0 N–H and O–H groups in total. The Balaban J connectivity index is 1.79. The van der Waals surface area contributed by atoms with E-state index in [0.717, 1.165) is 30.8 Å². The summed E-state index contributed by atoms with van der Waals surface area (Å²) in [5.74, 6) is 0.771. The van der Waals surface area contributed by atoms with Crippen molar-refractivity contribution in [2.75, 3.05) is 20.3 Å². The Morgan fingerprint density at radius 3 is 3.00 bits per heavy atom. The number of hydrogen-bond donors (Lipinski definition) is 0. The zero-order chi connectivity index (χ0) is 17.6. The van der Waals surface area contributed by atoms with Crippen molar-refractivity contribution in [3.63, 3.8) is 0 Å². The first-order valence-corrected chi connectivity index (χ1v) is 8.55. The van der Waals surface area contributed by atoms with E-state index in [9.17, 15) is 4.79 Å². The molecule has 3 rings (SSSR count). The molecule has 2 aromatic rings. The topological polar surface area (TPSA) is 69.5 Å².